The van der Waals surface area contributed by atoms with Gasteiger partial charge in [0, 0.05) is 27.9 Å². The van der Waals surface area contributed by atoms with E-state index in [4.69, 9.17) is 5.26 Å². The van der Waals surface area contributed by atoms with Crippen molar-refractivity contribution in [1.29, 1.82) is 5.26 Å². The van der Waals surface area contributed by atoms with E-state index in [-0.39, 0.29) is 11.9 Å². The molecule has 3 fully saturated rings. The molecular weight excluding hydrogens is 362 g/mol. The van der Waals surface area contributed by atoms with Gasteiger partial charge in [-0.2, -0.15) is 5.26 Å². The Morgan fingerprint density at radius 3 is 2.65 bits per heavy atom. The van der Waals surface area contributed by atoms with E-state index in [2.05, 4.69) is 23.2 Å². The molecule has 6 heteroatoms. The average molecular weight is 384 g/mol. The molecule has 0 unspecified atom stereocenters. The fourth-order valence-electron chi connectivity index (χ4n) is 4.00. The highest BCUT2D eigenvalue weighted by molar-refractivity contribution is 8.01. The van der Waals surface area contributed by atoms with Crippen LogP contribution in [0.3, 0.4) is 0 Å². The van der Waals surface area contributed by atoms with Gasteiger partial charge in [-0.05, 0) is 69.1 Å². The van der Waals surface area contributed by atoms with E-state index in [0.717, 1.165) is 9.10 Å². The molecule has 0 aliphatic carbocycles. The second-order valence-electron chi connectivity index (χ2n) is 7.01. The van der Waals surface area contributed by atoms with Gasteiger partial charge in [0.05, 0.1) is 9.77 Å². The fourth-order valence-corrected chi connectivity index (χ4v) is 5.87. The quantitative estimate of drug-likeness (QED) is 0.867. The van der Waals surface area contributed by atoms with Gasteiger partial charge in [0.2, 0.25) is 0 Å². The average Bonchev–Trinajstić information content (AvgIpc) is 3.13. The summed E-state index contributed by atoms with van der Waals surface area (Å²) >= 11 is 3.19. The number of fused-ring (bicyclic) bond motifs is 3. The largest absolute Gasteiger partial charge is 0.347 e. The molecule has 1 aromatic heterocycles. The lowest BCUT2D eigenvalue weighted by molar-refractivity contribution is 0.0217. The third-order valence-electron chi connectivity index (χ3n) is 5.51. The number of benzene rings is 1. The minimum absolute atomic E-state index is 0.0232. The highest BCUT2D eigenvalue weighted by Crippen LogP contribution is 2.34. The summed E-state index contributed by atoms with van der Waals surface area (Å²) in [7, 11) is 0. The van der Waals surface area contributed by atoms with Crippen LogP contribution in [0.25, 0.3) is 0 Å². The minimum atomic E-state index is 0.0232. The Labute approximate surface area is 162 Å². The van der Waals surface area contributed by atoms with Crippen molar-refractivity contribution in [3.8, 4) is 6.07 Å². The highest BCUT2D eigenvalue weighted by Gasteiger charge is 2.40. The molecule has 0 radical (unpaired) electrons. The molecule has 0 saturated carbocycles. The van der Waals surface area contributed by atoms with Crippen molar-refractivity contribution < 1.29 is 4.79 Å². The Kier molecular flexibility index (Phi) is 5.03. The zero-order valence-electron chi connectivity index (χ0n) is 14.6. The first kappa shape index (κ1) is 17.6. The second kappa shape index (κ2) is 7.43. The summed E-state index contributed by atoms with van der Waals surface area (Å²) in [6, 6.07) is 12.5. The van der Waals surface area contributed by atoms with Crippen LogP contribution in [0, 0.1) is 17.2 Å². The van der Waals surface area contributed by atoms with E-state index in [9.17, 15) is 4.79 Å². The summed E-state index contributed by atoms with van der Waals surface area (Å²) < 4.78 is 1.08. The Morgan fingerprint density at radius 2 is 2.04 bits per heavy atom. The van der Waals surface area contributed by atoms with Crippen LogP contribution in [0.1, 0.15) is 35.7 Å². The fraction of sp³-hybridized carbons (Fsp3) is 0.400. The first-order valence-electron chi connectivity index (χ1n) is 8.95. The molecule has 1 aromatic carbocycles. The number of amides is 1. The molecule has 2 bridgehead atoms. The van der Waals surface area contributed by atoms with Crippen LogP contribution >= 0.6 is 23.1 Å². The lowest BCUT2D eigenvalue weighted by Crippen LogP contribution is -2.62. The number of thiophene rings is 1. The molecule has 1 amide bonds. The van der Waals surface area contributed by atoms with Gasteiger partial charge in [0.25, 0.3) is 5.91 Å². The molecule has 4 heterocycles. The van der Waals surface area contributed by atoms with Crippen LogP contribution < -0.4 is 5.32 Å². The van der Waals surface area contributed by atoms with Gasteiger partial charge in [-0.25, -0.2) is 0 Å². The molecule has 0 spiro atoms. The van der Waals surface area contributed by atoms with Gasteiger partial charge in [-0.15, -0.1) is 11.3 Å². The summed E-state index contributed by atoms with van der Waals surface area (Å²) in [5, 5.41) is 14.0. The van der Waals surface area contributed by atoms with E-state index < -0.39 is 0 Å². The molecule has 4 nitrogen and oxygen atoms in total. The summed E-state index contributed by atoms with van der Waals surface area (Å²) in [6.07, 6.45) is 2.38. The zero-order chi connectivity index (χ0) is 18.1. The van der Waals surface area contributed by atoms with Gasteiger partial charge >= 0.3 is 0 Å². The molecule has 2 aromatic rings. The number of carbonyl (C=O) groups is 1. The maximum atomic E-state index is 12.7. The Balaban J connectivity index is 1.40. The van der Waals surface area contributed by atoms with Gasteiger partial charge in [-0.1, -0.05) is 11.8 Å². The van der Waals surface area contributed by atoms with Gasteiger partial charge in [-0.3, -0.25) is 9.69 Å². The van der Waals surface area contributed by atoms with Crippen molar-refractivity contribution in [1.82, 2.24) is 10.2 Å². The first-order chi connectivity index (χ1) is 12.6. The van der Waals surface area contributed by atoms with Crippen molar-refractivity contribution in [2.75, 3.05) is 13.1 Å². The predicted octanol–water partition coefficient (Wildman–Crippen LogP) is 3.98. The second-order valence-corrected chi connectivity index (χ2v) is 9.29. The van der Waals surface area contributed by atoms with Crippen LogP contribution in [-0.2, 0) is 0 Å². The van der Waals surface area contributed by atoms with E-state index in [1.54, 1.807) is 23.1 Å². The number of rotatable bonds is 4. The van der Waals surface area contributed by atoms with Gasteiger partial charge in [0.15, 0.2) is 0 Å². The zero-order valence-corrected chi connectivity index (χ0v) is 16.3. The molecule has 3 saturated heterocycles. The third kappa shape index (κ3) is 3.52. The summed E-state index contributed by atoms with van der Waals surface area (Å²) in [6.45, 7) is 4.56. The normalized spacial score (nSPS) is 27.1. The number of hydrogen-bond donors (Lipinski definition) is 1. The maximum absolute atomic E-state index is 12.7. The van der Waals surface area contributed by atoms with Crippen molar-refractivity contribution in [3.05, 3.63) is 46.8 Å². The number of piperidine rings is 3. The number of hydrogen-bond acceptors (Lipinski definition) is 5. The predicted molar refractivity (Wildman–Crippen MR) is 105 cm³/mol. The number of carbonyl (C=O) groups excluding carboxylic acids is 1. The van der Waals surface area contributed by atoms with Crippen LogP contribution in [0.4, 0.5) is 0 Å². The van der Waals surface area contributed by atoms with Crippen molar-refractivity contribution in [2.24, 2.45) is 5.92 Å². The van der Waals surface area contributed by atoms with Crippen molar-refractivity contribution in [2.45, 2.75) is 41.0 Å². The smallest absolute Gasteiger partial charge is 0.251 e. The maximum Gasteiger partial charge on any atom is 0.251 e. The van der Waals surface area contributed by atoms with Gasteiger partial charge < -0.3 is 5.32 Å². The lowest BCUT2D eigenvalue weighted by Gasteiger charge is -2.49. The van der Waals surface area contributed by atoms with E-state index in [1.165, 1.54) is 25.9 Å². The number of nitrogens with zero attached hydrogens (tertiary/aromatic N) is 2. The molecule has 3 aliphatic heterocycles. The molecule has 26 heavy (non-hydrogen) atoms. The third-order valence-corrected chi connectivity index (χ3v) is 7.60. The molecule has 3 aliphatic rings. The van der Waals surface area contributed by atoms with Crippen LogP contribution in [-0.4, -0.2) is 36.0 Å². The highest BCUT2D eigenvalue weighted by atomic mass is 32.2. The number of nitrogens with one attached hydrogen (secondary N) is 1. The summed E-state index contributed by atoms with van der Waals surface area (Å²) in [5.41, 5.74) is 1.40. The molecule has 5 rings (SSSR count). The first-order valence-corrected chi connectivity index (χ1v) is 10.6. The minimum Gasteiger partial charge on any atom is -0.347 e. The SMILES string of the molecule is C[C@@H]1[C@H](NC(=O)c2ccc(Sc3cc(C#N)cs3)cc2)C2CCN1CC2. The van der Waals surface area contributed by atoms with Crippen LogP contribution in [0.15, 0.2) is 44.8 Å². The Morgan fingerprint density at radius 1 is 1.31 bits per heavy atom. The molecule has 1 N–H and O–H groups in total. The van der Waals surface area contributed by atoms with Crippen molar-refractivity contribution in [3.63, 3.8) is 0 Å². The van der Waals surface area contributed by atoms with E-state index >= 15 is 0 Å². The summed E-state index contributed by atoms with van der Waals surface area (Å²) in [4.78, 5) is 16.2. The molecule has 2 atom stereocenters. The summed E-state index contributed by atoms with van der Waals surface area (Å²) in [5.74, 6) is 0.636. The van der Waals surface area contributed by atoms with Crippen molar-refractivity contribution >= 4 is 29.0 Å². The van der Waals surface area contributed by atoms with Gasteiger partial charge in [0.1, 0.15) is 6.07 Å². The monoisotopic (exact) mass is 383 g/mol. The van der Waals surface area contributed by atoms with E-state index in [1.807, 2.05) is 35.7 Å². The van der Waals surface area contributed by atoms with E-state index in [0.29, 0.717) is 23.1 Å². The standard InChI is InChI=1S/C20H21N3OS2/c1-13-19(15-6-8-23(13)9-7-15)22-20(24)16-2-4-17(5-3-16)26-18-10-14(11-21)12-25-18/h2-5,10,12-13,15,19H,6-9H2,1H3,(H,22,24)/t13-,19+/m1/s1. The molecule has 134 valence electrons. The lowest BCUT2D eigenvalue weighted by atomic mass is 9.79. The Hall–Kier alpha value is -1.81. The van der Waals surface area contributed by atoms with Crippen LogP contribution in [0.5, 0.6) is 0 Å². The number of nitriles is 1. The molecular formula is C20H21N3OS2. The van der Waals surface area contributed by atoms with Crippen LogP contribution in [0.2, 0.25) is 0 Å². The topological polar surface area (TPSA) is 56.1 Å². The Bertz CT molecular complexity index is 829.